The quantitative estimate of drug-likeness (QED) is 0.180. The summed E-state index contributed by atoms with van der Waals surface area (Å²) in [4.78, 5) is 23.7. The number of rotatable bonds is 7. The number of nitro groups is 1. The van der Waals surface area contributed by atoms with E-state index in [1.165, 1.54) is 12.1 Å². The van der Waals surface area contributed by atoms with Crippen LogP contribution in [0.5, 0.6) is 5.75 Å². The molecule has 0 saturated carbocycles. The first-order chi connectivity index (χ1) is 15.0. The van der Waals surface area contributed by atoms with Crippen LogP contribution in [0.15, 0.2) is 59.6 Å². The van der Waals surface area contributed by atoms with E-state index in [9.17, 15) is 10.1 Å². The predicted molar refractivity (Wildman–Crippen MR) is 124 cm³/mol. The largest absolute Gasteiger partial charge is 0.497 e. The van der Waals surface area contributed by atoms with E-state index in [1.54, 1.807) is 37.4 Å². The Balaban J connectivity index is 0.00000363. The molecule has 0 bridgehead atoms. The molecule has 1 heterocycles. The first kappa shape index (κ1) is 24.0. The van der Waals surface area contributed by atoms with Gasteiger partial charge in [-0.15, -0.1) is 12.4 Å². The van der Waals surface area contributed by atoms with Crippen molar-refractivity contribution in [3.05, 3.63) is 64.7 Å². The molecule has 0 aliphatic rings. The second kappa shape index (κ2) is 11.2. The molecule has 0 unspecified atom stereocenters. The predicted octanol–water partition coefficient (Wildman–Crippen LogP) is 3.79. The van der Waals surface area contributed by atoms with Crippen molar-refractivity contribution in [2.45, 2.75) is 6.42 Å². The van der Waals surface area contributed by atoms with Crippen molar-refractivity contribution >= 4 is 30.0 Å². The highest BCUT2D eigenvalue weighted by Gasteiger charge is 2.13. The van der Waals surface area contributed by atoms with E-state index in [2.05, 4.69) is 20.3 Å². The number of hydrogen-bond acceptors (Lipinski definition) is 7. The lowest BCUT2D eigenvalue weighted by atomic mass is 10.1. The van der Waals surface area contributed by atoms with Gasteiger partial charge in [-0.2, -0.15) is 5.26 Å². The molecule has 3 N–H and O–H groups in total. The molecule has 11 heteroatoms. The van der Waals surface area contributed by atoms with E-state index >= 15 is 0 Å². The number of hydrogen-bond donors (Lipinski definition) is 2. The molecule has 0 amide bonds. The third kappa shape index (κ3) is 6.13. The molecule has 2 aromatic carbocycles. The highest BCUT2D eigenvalue weighted by atomic mass is 35.5. The summed E-state index contributed by atoms with van der Waals surface area (Å²) in [5.74, 6) is 0.934. The number of guanidine groups is 1. The van der Waals surface area contributed by atoms with Crippen LogP contribution in [-0.2, 0) is 0 Å². The molecule has 0 radical (unpaired) electrons. The molecule has 0 aliphatic carbocycles. The number of nitriles is 1. The Morgan fingerprint density at radius 2 is 1.88 bits per heavy atom. The summed E-state index contributed by atoms with van der Waals surface area (Å²) >= 11 is 0. The smallest absolute Gasteiger partial charge is 0.270 e. The average molecular weight is 454 g/mol. The zero-order chi connectivity index (χ0) is 22.2. The molecule has 3 aromatic rings. The maximum Gasteiger partial charge on any atom is 0.270 e. The van der Waals surface area contributed by atoms with E-state index in [4.69, 9.17) is 15.7 Å². The summed E-state index contributed by atoms with van der Waals surface area (Å²) in [5, 5.41) is 22.6. The zero-order valence-electron chi connectivity index (χ0n) is 17.1. The number of benzene rings is 2. The summed E-state index contributed by atoms with van der Waals surface area (Å²) in [7, 11) is 1.58. The number of aromatic nitrogens is 2. The number of anilines is 1. The highest BCUT2D eigenvalue weighted by molar-refractivity contribution is 5.91. The number of nitrogens with one attached hydrogen (secondary N) is 1. The Morgan fingerprint density at radius 3 is 2.50 bits per heavy atom. The van der Waals surface area contributed by atoms with Crippen LogP contribution in [0.1, 0.15) is 6.42 Å². The van der Waals surface area contributed by atoms with Gasteiger partial charge in [-0.1, -0.05) is 12.1 Å². The monoisotopic (exact) mass is 453 g/mol. The van der Waals surface area contributed by atoms with Gasteiger partial charge in [0.2, 0.25) is 5.95 Å². The summed E-state index contributed by atoms with van der Waals surface area (Å²) in [6.45, 7) is 0.241. The summed E-state index contributed by atoms with van der Waals surface area (Å²) in [6.07, 6.45) is 0.230. The lowest BCUT2D eigenvalue weighted by Gasteiger charge is -2.10. The van der Waals surface area contributed by atoms with Gasteiger partial charge >= 0.3 is 0 Å². The van der Waals surface area contributed by atoms with Crippen LogP contribution in [0.4, 0.5) is 11.6 Å². The standard InChI is InChI=1S/C21H19N7O3.ClH/c1-31-17-8-6-14(7-9-17)18-13-19(15-4-2-5-16(12-15)28(29)30)26-21(25-18)27-20(23)24-11-3-10-22;/h2,4-9,12-13H,3,11H2,1H3,(H3,23,24,25,26,27);1H. The van der Waals surface area contributed by atoms with Crippen molar-refractivity contribution in [3.63, 3.8) is 0 Å². The van der Waals surface area contributed by atoms with Crippen molar-refractivity contribution in [2.24, 2.45) is 10.7 Å². The number of aliphatic imine (C=N–C) groups is 1. The topological polar surface area (TPSA) is 152 Å². The first-order valence-corrected chi connectivity index (χ1v) is 9.22. The molecule has 10 nitrogen and oxygen atoms in total. The fourth-order valence-corrected chi connectivity index (χ4v) is 2.72. The fourth-order valence-electron chi connectivity index (χ4n) is 2.72. The Morgan fingerprint density at radius 1 is 1.19 bits per heavy atom. The van der Waals surface area contributed by atoms with Gasteiger partial charge < -0.3 is 10.5 Å². The van der Waals surface area contributed by atoms with Gasteiger partial charge in [0.05, 0.1) is 42.5 Å². The van der Waals surface area contributed by atoms with Crippen LogP contribution >= 0.6 is 12.4 Å². The molecule has 0 spiro atoms. The van der Waals surface area contributed by atoms with Crippen LogP contribution < -0.4 is 15.8 Å². The van der Waals surface area contributed by atoms with Gasteiger partial charge in [0.1, 0.15) is 5.75 Å². The van der Waals surface area contributed by atoms with E-state index < -0.39 is 4.92 Å². The fraction of sp³-hybridized carbons (Fsp3) is 0.143. The summed E-state index contributed by atoms with van der Waals surface area (Å²) < 4.78 is 5.19. The molecular formula is C21H20ClN7O3. The second-order valence-corrected chi connectivity index (χ2v) is 6.30. The third-order valence-electron chi connectivity index (χ3n) is 4.21. The van der Waals surface area contributed by atoms with Crippen LogP contribution in [0.25, 0.3) is 22.5 Å². The molecule has 32 heavy (non-hydrogen) atoms. The van der Waals surface area contributed by atoms with Crippen molar-refractivity contribution in [1.82, 2.24) is 9.97 Å². The van der Waals surface area contributed by atoms with Crippen molar-refractivity contribution in [1.29, 1.82) is 5.26 Å². The van der Waals surface area contributed by atoms with Gasteiger partial charge in [0, 0.05) is 23.3 Å². The number of ether oxygens (including phenoxy) is 1. The maximum absolute atomic E-state index is 11.2. The van der Waals surface area contributed by atoms with Crippen molar-refractivity contribution in [3.8, 4) is 34.3 Å². The molecule has 0 atom stereocenters. The third-order valence-corrected chi connectivity index (χ3v) is 4.21. The van der Waals surface area contributed by atoms with Crippen molar-refractivity contribution < 1.29 is 9.66 Å². The Labute approximate surface area is 190 Å². The molecule has 0 aliphatic heterocycles. The molecule has 1 aromatic heterocycles. The summed E-state index contributed by atoms with van der Waals surface area (Å²) in [6, 6.07) is 17.2. The number of nitrogens with zero attached hydrogens (tertiary/aromatic N) is 5. The zero-order valence-corrected chi connectivity index (χ0v) is 17.9. The lowest BCUT2D eigenvalue weighted by Crippen LogP contribution is -2.24. The Hall–Kier alpha value is -4.23. The number of non-ortho nitro benzene ring substituents is 1. The Kier molecular flexibility index (Phi) is 8.45. The van der Waals surface area contributed by atoms with Gasteiger partial charge in [-0.05, 0) is 30.3 Å². The van der Waals surface area contributed by atoms with Gasteiger partial charge in [-0.3, -0.25) is 20.4 Å². The minimum Gasteiger partial charge on any atom is -0.497 e. The van der Waals surface area contributed by atoms with E-state index in [1.807, 2.05) is 18.2 Å². The first-order valence-electron chi connectivity index (χ1n) is 9.22. The highest BCUT2D eigenvalue weighted by Crippen LogP contribution is 2.28. The van der Waals surface area contributed by atoms with Gasteiger partial charge in [-0.25, -0.2) is 9.97 Å². The van der Waals surface area contributed by atoms with E-state index in [0.717, 1.165) is 5.56 Å². The summed E-state index contributed by atoms with van der Waals surface area (Å²) in [5.41, 5.74) is 8.21. The molecule has 0 saturated heterocycles. The van der Waals surface area contributed by atoms with Crippen LogP contribution in [0.3, 0.4) is 0 Å². The minimum atomic E-state index is -0.464. The van der Waals surface area contributed by atoms with Gasteiger partial charge in [0.25, 0.3) is 5.69 Å². The SMILES string of the molecule is COc1ccc(-c2cc(-c3cccc([N+](=O)[O-])c3)nc(NC(N)=NCCC#N)n2)cc1.Cl. The van der Waals surface area contributed by atoms with E-state index in [-0.39, 0.29) is 43.0 Å². The van der Waals surface area contributed by atoms with Crippen LogP contribution in [-0.4, -0.2) is 34.5 Å². The minimum absolute atomic E-state index is 0. The molecule has 164 valence electrons. The van der Waals surface area contributed by atoms with Crippen molar-refractivity contribution in [2.75, 3.05) is 19.0 Å². The number of methoxy groups -OCH3 is 1. The number of nitro benzene ring substituents is 1. The average Bonchev–Trinajstić information content (AvgIpc) is 2.79. The van der Waals surface area contributed by atoms with Crippen LogP contribution in [0.2, 0.25) is 0 Å². The Bertz CT molecular complexity index is 1160. The van der Waals surface area contributed by atoms with Gasteiger partial charge in [0.15, 0.2) is 5.96 Å². The van der Waals surface area contributed by atoms with E-state index in [0.29, 0.717) is 22.7 Å². The number of nitrogens with two attached hydrogens (primary N) is 1. The molecular weight excluding hydrogens is 434 g/mol. The molecule has 3 rings (SSSR count). The molecule has 0 fully saturated rings. The normalized spacial score (nSPS) is 10.6. The lowest BCUT2D eigenvalue weighted by molar-refractivity contribution is -0.384. The number of halogens is 1. The maximum atomic E-state index is 11.2. The second-order valence-electron chi connectivity index (χ2n) is 6.30. The van der Waals surface area contributed by atoms with Crippen LogP contribution in [0, 0.1) is 21.4 Å².